The molecule has 0 bridgehead atoms. The molecule has 0 atom stereocenters. The Morgan fingerprint density at radius 2 is 2.07 bits per heavy atom. The number of rotatable bonds is 8. The van der Waals surface area contributed by atoms with Crippen LogP contribution in [0.3, 0.4) is 0 Å². The zero-order chi connectivity index (χ0) is 20.6. The maximum absolute atomic E-state index is 12.7. The molecule has 0 spiro atoms. The second kappa shape index (κ2) is 9.67. The third kappa shape index (κ3) is 5.31. The Hall–Kier alpha value is -3.43. The van der Waals surface area contributed by atoms with E-state index in [1.807, 2.05) is 35.7 Å². The molecule has 2 aromatic heterocycles. The minimum atomic E-state index is -2.93. The van der Waals surface area contributed by atoms with E-state index in [1.165, 1.54) is 13.2 Å². The molecule has 3 aromatic rings. The number of halogens is 2. The number of hydrogen-bond donors (Lipinski definition) is 2. The van der Waals surface area contributed by atoms with Gasteiger partial charge in [-0.3, -0.25) is 4.40 Å². The number of aliphatic imine (C=N–C) groups is 1. The van der Waals surface area contributed by atoms with Gasteiger partial charge in [-0.05, 0) is 31.2 Å². The monoisotopic (exact) mass is 404 g/mol. The van der Waals surface area contributed by atoms with Gasteiger partial charge in [-0.1, -0.05) is 6.07 Å². The number of methoxy groups -OCH3 is 1. The fourth-order valence-corrected chi connectivity index (χ4v) is 2.68. The van der Waals surface area contributed by atoms with Crippen molar-refractivity contribution in [2.24, 2.45) is 4.99 Å². The van der Waals surface area contributed by atoms with Crippen LogP contribution in [0.2, 0.25) is 0 Å². The van der Waals surface area contributed by atoms with Gasteiger partial charge in [-0.2, -0.15) is 8.78 Å². The molecule has 2 heterocycles. The Bertz CT molecular complexity index is 976. The molecule has 0 aliphatic heterocycles. The van der Waals surface area contributed by atoms with Gasteiger partial charge < -0.3 is 20.1 Å². The van der Waals surface area contributed by atoms with Crippen LogP contribution < -0.4 is 20.1 Å². The zero-order valence-electron chi connectivity index (χ0n) is 16.1. The van der Waals surface area contributed by atoms with E-state index in [-0.39, 0.29) is 12.3 Å². The topological polar surface area (TPSA) is 85.1 Å². The van der Waals surface area contributed by atoms with E-state index in [9.17, 15) is 8.78 Å². The SMILES string of the molecule is CCNC(=NCc1ccc(OC)cc1OC(F)F)NCc1nnc2ccccn12. The summed E-state index contributed by atoms with van der Waals surface area (Å²) in [5.74, 6) is 1.69. The number of hydrogen-bond acceptors (Lipinski definition) is 5. The molecule has 10 heteroatoms. The molecule has 1 aromatic carbocycles. The smallest absolute Gasteiger partial charge is 0.387 e. The molecule has 2 N–H and O–H groups in total. The highest BCUT2D eigenvalue weighted by atomic mass is 19.3. The minimum Gasteiger partial charge on any atom is -0.497 e. The van der Waals surface area contributed by atoms with E-state index in [0.29, 0.717) is 30.4 Å². The lowest BCUT2D eigenvalue weighted by atomic mass is 10.2. The second-order valence-corrected chi connectivity index (χ2v) is 5.95. The zero-order valence-corrected chi connectivity index (χ0v) is 16.1. The average Bonchev–Trinajstić information content (AvgIpc) is 3.13. The summed E-state index contributed by atoms with van der Waals surface area (Å²) >= 11 is 0. The van der Waals surface area contributed by atoms with Gasteiger partial charge in [0.05, 0.1) is 20.2 Å². The fraction of sp³-hybridized carbons (Fsp3) is 0.316. The van der Waals surface area contributed by atoms with Crippen LogP contribution in [0.25, 0.3) is 5.65 Å². The Labute approximate surface area is 166 Å². The van der Waals surface area contributed by atoms with Gasteiger partial charge in [0.2, 0.25) is 0 Å². The third-order valence-corrected chi connectivity index (χ3v) is 4.04. The standard InChI is InChI=1S/C19H22F2N6O2/c1-3-22-19(24-12-17-26-25-16-6-4-5-9-27(16)17)23-11-13-7-8-14(28-2)10-15(13)29-18(20)21/h4-10,18H,3,11-12H2,1-2H3,(H2,22,23,24). The van der Waals surface area contributed by atoms with Gasteiger partial charge >= 0.3 is 6.61 Å². The van der Waals surface area contributed by atoms with Crippen LogP contribution in [0.1, 0.15) is 18.3 Å². The normalized spacial score (nSPS) is 11.7. The predicted molar refractivity (Wildman–Crippen MR) is 104 cm³/mol. The quantitative estimate of drug-likeness (QED) is 0.444. The molecule has 0 saturated heterocycles. The van der Waals surface area contributed by atoms with Crippen molar-refractivity contribution in [3.05, 3.63) is 54.0 Å². The largest absolute Gasteiger partial charge is 0.497 e. The predicted octanol–water partition coefficient (Wildman–Crippen LogP) is 2.59. The molecule has 0 saturated carbocycles. The molecule has 154 valence electrons. The van der Waals surface area contributed by atoms with E-state index in [0.717, 1.165) is 11.5 Å². The molecular weight excluding hydrogens is 382 g/mol. The Kier molecular flexibility index (Phi) is 6.77. The number of fused-ring (bicyclic) bond motifs is 1. The molecule has 8 nitrogen and oxygen atoms in total. The number of guanidine groups is 1. The van der Waals surface area contributed by atoms with Crippen LogP contribution in [0.4, 0.5) is 8.78 Å². The first-order valence-corrected chi connectivity index (χ1v) is 9.03. The highest BCUT2D eigenvalue weighted by Gasteiger charge is 2.12. The van der Waals surface area contributed by atoms with Gasteiger partial charge in [-0.25, -0.2) is 4.99 Å². The first-order valence-electron chi connectivity index (χ1n) is 9.03. The van der Waals surface area contributed by atoms with Gasteiger partial charge in [-0.15, -0.1) is 10.2 Å². The van der Waals surface area contributed by atoms with Crippen LogP contribution in [-0.2, 0) is 13.1 Å². The fourth-order valence-electron chi connectivity index (χ4n) is 2.68. The van der Waals surface area contributed by atoms with Crippen molar-refractivity contribution in [3.8, 4) is 11.5 Å². The number of ether oxygens (including phenoxy) is 2. The number of nitrogens with zero attached hydrogens (tertiary/aromatic N) is 4. The van der Waals surface area contributed by atoms with Crippen molar-refractivity contribution in [3.63, 3.8) is 0 Å². The molecule has 0 aliphatic rings. The van der Waals surface area contributed by atoms with Crippen molar-refractivity contribution in [1.29, 1.82) is 0 Å². The molecule has 0 radical (unpaired) electrons. The van der Waals surface area contributed by atoms with E-state index in [4.69, 9.17) is 4.74 Å². The van der Waals surface area contributed by atoms with E-state index < -0.39 is 6.61 Å². The number of nitrogens with one attached hydrogen (secondary N) is 2. The van der Waals surface area contributed by atoms with E-state index >= 15 is 0 Å². The number of aromatic nitrogens is 3. The Balaban J connectivity index is 1.73. The van der Waals surface area contributed by atoms with Crippen molar-refractivity contribution in [2.75, 3.05) is 13.7 Å². The van der Waals surface area contributed by atoms with Gasteiger partial charge in [0, 0.05) is 24.4 Å². The summed E-state index contributed by atoms with van der Waals surface area (Å²) in [4.78, 5) is 4.46. The highest BCUT2D eigenvalue weighted by molar-refractivity contribution is 5.79. The van der Waals surface area contributed by atoms with Crippen molar-refractivity contribution < 1.29 is 18.3 Å². The maximum Gasteiger partial charge on any atom is 0.387 e. The molecular formula is C19H22F2N6O2. The summed E-state index contributed by atoms with van der Waals surface area (Å²) in [5, 5.41) is 14.6. The summed E-state index contributed by atoms with van der Waals surface area (Å²) in [6.07, 6.45) is 1.88. The van der Waals surface area contributed by atoms with Gasteiger partial charge in [0.1, 0.15) is 11.5 Å². The van der Waals surface area contributed by atoms with Crippen LogP contribution in [0.15, 0.2) is 47.6 Å². The third-order valence-electron chi connectivity index (χ3n) is 4.04. The molecule has 3 rings (SSSR count). The van der Waals surface area contributed by atoms with Crippen LogP contribution >= 0.6 is 0 Å². The maximum atomic E-state index is 12.7. The van der Waals surface area contributed by atoms with Gasteiger partial charge in [0.15, 0.2) is 17.4 Å². The lowest BCUT2D eigenvalue weighted by Gasteiger charge is -2.13. The van der Waals surface area contributed by atoms with Crippen LogP contribution in [0.5, 0.6) is 11.5 Å². The summed E-state index contributed by atoms with van der Waals surface area (Å²) in [7, 11) is 1.46. The van der Waals surface area contributed by atoms with Gasteiger partial charge in [0.25, 0.3) is 0 Å². The Morgan fingerprint density at radius 3 is 2.83 bits per heavy atom. The first kappa shape index (κ1) is 20.3. The van der Waals surface area contributed by atoms with Crippen molar-refractivity contribution in [2.45, 2.75) is 26.6 Å². The molecule has 0 aliphatic carbocycles. The molecule has 0 fully saturated rings. The number of benzene rings is 1. The van der Waals surface area contributed by atoms with E-state index in [1.54, 1.807) is 12.1 Å². The average molecular weight is 404 g/mol. The lowest BCUT2D eigenvalue weighted by molar-refractivity contribution is -0.0505. The summed E-state index contributed by atoms with van der Waals surface area (Å²) in [6, 6.07) is 10.4. The van der Waals surface area contributed by atoms with Crippen molar-refractivity contribution in [1.82, 2.24) is 25.2 Å². The summed E-state index contributed by atoms with van der Waals surface area (Å²) in [5.41, 5.74) is 1.26. The molecule has 0 amide bonds. The van der Waals surface area contributed by atoms with Crippen LogP contribution in [-0.4, -0.2) is 40.8 Å². The molecule has 0 unspecified atom stereocenters. The van der Waals surface area contributed by atoms with Crippen LogP contribution in [0, 0.1) is 0 Å². The Morgan fingerprint density at radius 1 is 1.21 bits per heavy atom. The number of pyridine rings is 1. The molecule has 29 heavy (non-hydrogen) atoms. The highest BCUT2D eigenvalue weighted by Crippen LogP contribution is 2.27. The minimum absolute atomic E-state index is 0.0300. The summed E-state index contributed by atoms with van der Waals surface area (Å²) < 4.78 is 37.0. The second-order valence-electron chi connectivity index (χ2n) is 5.95. The van der Waals surface area contributed by atoms with Crippen molar-refractivity contribution >= 4 is 11.6 Å². The first-order chi connectivity index (χ1) is 14.1. The lowest BCUT2D eigenvalue weighted by Crippen LogP contribution is -2.37. The number of alkyl halides is 2. The van der Waals surface area contributed by atoms with E-state index in [2.05, 4.69) is 30.6 Å². The summed E-state index contributed by atoms with van der Waals surface area (Å²) in [6.45, 7) is 0.164.